The van der Waals surface area contributed by atoms with Gasteiger partial charge in [0.1, 0.15) is 11.2 Å². The molecule has 5 nitrogen and oxygen atoms in total. The number of aromatic nitrogens is 2. The Bertz CT molecular complexity index is 7590. The van der Waals surface area contributed by atoms with E-state index in [4.69, 9.17) is 4.42 Å². The first-order valence-electron chi connectivity index (χ1n) is 44.1. The first kappa shape index (κ1) is 74.1. The van der Waals surface area contributed by atoms with E-state index < -0.39 is 0 Å². The van der Waals surface area contributed by atoms with Crippen molar-refractivity contribution in [2.75, 3.05) is 9.80 Å². The molecule has 0 atom stereocenters. The summed E-state index contributed by atoms with van der Waals surface area (Å²) in [7, 11) is 0. The van der Waals surface area contributed by atoms with Crippen molar-refractivity contribution in [2.45, 2.75) is 39.5 Å². The fourth-order valence-corrected chi connectivity index (χ4v) is 20.5. The van der Waals surface area contributed by atoms with Crippen LogP contribution in [-0.4, -0.2) is 15.8 Å². The van der Waals surface area contributed by atoms with Crippen LogP contribution in [0.1, 0.15) is 50.7 Å². The highest BCUT2D eigenvalue weighted by atomic mass is 16.3. The number of hydrogen-bond donors (Lipinski definition) is 0. The van der Waals surface area contributed by atoms with Crippen LogP contribution in [0.5, 0.6) is 0 Å². The van der Waals surface area contributed by atoms with Gasteiger partial charge in [0.2, 0.25) is 0 Å². The van der Waals surface area contributed by atoms with Crippen molar-refractivity contribution in [2.24, 2.45) is 0 Å². The number of furan rings is 1. The fourth-order valence-electron chi connectivity index (χ4n) is 20.5. The summed E-state index contributed by atoms with van der Waals surface area (Å²) in [4.78, 5) is 5.48. The van der Waals surface area contributed by atoms with Crippen LogP contribution in [0.25, 0.3) is 177 Å². The Morgan fingerprint density at radius 2 is 0.524 bits per heavy atom. The molecular formula is C120H85BN4O. The van der Waals surface area contributed by atoms with Crippen LogP contribution in [0.15, 0.2) is 435 Å². The minimum absolute atomic E-state index is 0.156. The number of rotatable bonds is 15. The number of para-hydroxylation sites is 5. The molecule has 19 aromatic carbocycles. The normalized spacial score (nSPS) is 12.4. The van der Waals surface area contributed by atoms with E-state index in [1.165, 1.54) is 71.3 Å². The molecule has 0 N–H and O–H groups in total. The summed E-state index contributed by atoms with van der Waals surface area (Å²) >= 11 is 0. The largest absolute Gasteiger partial charge is 0.456 e. The van der Waals surface area contributed by atoms with Crippen LogP contribution >= 0.6 is 0 Å². The van der Waals surface area contributed by atoms with Crippen LogP contribution in [0.4, 0.5) is 34.1 Å². The topological polar surface area (TPSA) is 29.5 Å². The zero-order valence-corrected chi connectivity index (χ0v) is 70.4. The molecule has 0 spiro atoms. The van der Waals surface area contributed by atoms with E-state index >= 15 is 0 Å². The number of anilines is 6. The van der Waals surface area contributed by atoms with Gasteiger partial charge in [0.05, 0.1) is 33.4 Å². The molecule has 0 amide bonds. The van der Waals surface area contributed by atoms with Gasteiger partial charge >= 0.3 is 0 Å². The lowest BCUT2D eigenvalue weighted by Crippen LogP contribution is -2.61. The fraction of sp³-hybridized carbons (Fsp3) is 0.0500. The minimum atomic E-state index is -0.348. The molecule has 0 aliphatic carbocycles. The van der Waals surface area contributed by atoms with Crippen molar-refractivity contribution in [3.8, 4) is 112 Å². The Balaban J connectivity index is 0.866. The molecule has 0 unspecified atom stereocenters. The van der Waals surface area contributed by atoms with E-state index in [1.807, 2.05) is 0 Å². The van der Waals surface area contributed by atoms with Gasteiger partial charge in [-0.1, -0.05) is 331 Å². The maximum atomic E-state index is 6.80. The van der Waals surface area contributed by atoms with E-state index in [9.17, 15) is 0 Å². The van der Waals surface area contributed by atoms with E-state index in [0.29, 0.717) is 0 Å². The molecule has 0 saturated heterocycles. The Hall–Kier alpha value is -15.8. The summed E-state index contributed by atoms with van der Waals surface area (Å²) in [5.74, 6) is 0.312. The molecule has 0 radical (unpaired) electrons. The molecule has 5 heterocycles. The standard InChI is InChI=1S/C120H85BN4O/c1-76(2)91-68-101(80-35-13-7-14-36-80)119(103(70-91)89-45-29-43-86(65-89)84-41-27-39-82(63-84)78-31-9-5-10-32-78)124-112-74-94(122-108-52-22-17-47-96(108)97-48-18-23-53-109(97)122)58-60-106(112)121-107-61-59-95(123-110-54-24-19-49-98(110)99-50-20-25-55-111(99)123)75-113(107)125(115-73-93(72-114(124)118(115)121)88-57-62-117-105(67-88)100-51-21-26-56-116(100)126-117)120-102(81-37-15-8-16-38-81)69-92(77(3)4)71-104(120)90-46-30-44-87(66-90)85-42-28-40-83(64-85)79-33-11-6-12-34-79/h5-77H,1-4H3. The van der Waals surface area contributed by atoms with Crippen LogP contribution in [0, 0.1) is 0 Å². The van der Waals surface area contributed by atoms with Crippen LogP contribution in [-0.2, 0) is 0 Å². The van der Waals surface area contributed by atoms with E-state index in [1.54, 1.807) is 0 Å². The molecule has 2 aliphatic heterocycles. The Labute approximate surface area is 734 Å². The van der Waals surface area contributed by atoms with E-state index in [-0.39, 0.29) is 18.5 Å². The first-order valence-corrected chi connectivity index (χ1v) is 44.1. The number of benzene rings is 19. The monoisotopic (exact) mass is 1610 g/mol. The third-order valence-corrected chi connectivity index (χ3v) is 26.6. The molecular weight excluding hydrogens is 1520 g/mol. The highest BCUT2D eigenvalue weighted by Gasteiger charge is 2.46. The summed E-state index contributed by atoms with van der Waals surface area (Å²) in [5.41, 5.74) is 41.2. The second-order valence-corrected chi connectivity index (χ2v) is 34.6. The van der Waals surface area contributed by atoms with Gasteiger partial charge < -0.3 is 23.4 Å². The average Bonchev–Trinajstić information content (AvgIpc) is 0.723. The van der Waals surface area contributed by atoms with Gasteiger partial charge in [-0.3, -0.25) is 0 Å². The van der Waals surface area contributed by atoms with Crippen molar-refractivity contribution in [1.82, 2.24) is 9.13 Å². The van der Waals surface area contributed by atoms with Gasteiger partial charge in [-0.05, 0) is 245 Å². The quantitative estimate of drug-likeness (QED) is 0.0958. The average molecular weight is 1610 g/mol. The zero-order valence-electron chi connectivity index (χ0n) is 70.4. The third-order valence-electron chi connectivity index (χ3n) is 26.6. The zero-order chi connectivity index (χ0) is 83.8. The lowest BCUT2D eigenvalue weighted by atomic mass is 9.33. The van der Waals surface area contributed by atoms with Gasteiger partial charge in [-0.15, -0.1) is 0 Å². The highest BCUT2D eigenvalue weighted by molar-refractivity contribution is 7.00. The number of nitrogens with zero attached hydrogens (tertiary/aromatic N) is 4. The lowest BCUT2D eigenvalue weighted by Gasteiger charge is -2.46. The van der Waals surface area contributed by atoms with Crippen LogP contribution in [0.3, 0.4) is 0 Å². The summed E-state index contributed by atoms with van der Waals surface area (Å²) < 4.78 is 11.8. The Kier molecular flexibility index (Phi) is 17.7. The van der Waals surface area contributed by atoms with Gasteiger partial charge in [-0.25, -0.2) is 0 Å². The predicted octanol–water partition coefficient (Wildman–Crippen LogP) is 31.1. The molecule has 22 aromatic rings. The van der Waals surface area contributed by atoms with Crippen molar-refractivity contribution in [1.29, 1.82) is 0 Å². The number of hydrogen-bond acceptors (Lipinski definition) is 3. The third kappa shape index (κ3) is 12.3. The van der Waals surface area contributed by atoms with Crippen molar-refractivity contribution in [3.63, 3.8) is 0 Å². The molecule has 6 heteroatoms. The molecule has 24 rings (SSSR count). The SMILES string of the molecule is CC(C)c1cc(-c2ccccc2)c(N2c3cc(-n4c5ccccc5c5ccccc54)ccc3B3c4ccc(-n5c6ccccc6c6ccccc65)cc4N(c4c(-c5ccccc5)cc(C(C)C)cc4-c4cccc(-c5cccc(-c6ccccc6)c5)c4)c4cc(-c5ccc6oc7ccccc7c6c5)cc2c43)c(-c2cccc(-c3cccc(-c4ccccc4)c3)c2)c1. The van der Waals surface area contributed by atoms with E-state index in [0.717, 1.165) is 167 Å². The predicted molar refractivity (Wildman–Crippen MR) is 534 cm³/mol. The summed E-state index contributed by atoms with van der Waals surface area (Å²) in [6.07, 6.45) is 0. The van der Waals surface area contributed by atoms with Crippen LogP contribution < -0.4 is 26.2 Å². The van der Waals surface area contributed by atoms with Gasteiger partial charge in [0.25, 0.3) is 6.71 Å². The molecule has 0 bridgehead atoms. The van der Waals surface area contributed by atoms with Gasteiger partial charge in [0.15, 0.2) is 0 Å². The molecule has 0 saturated carbocycles. The minimum Gasteiger partial charge on any atom is -0.456 e. The Morgan fingerprint density at radius 3 is 0.921 bits per heavy atom. The number of fused-ring (bicyclic) bond motifs is 13. The smallest absolute Gasteiger partial charge is 0.252 e. The summed E-state index contributed by atoms with van der Waals surface area (Å²) in [6, 6.07) is 162. The molecule has 2 aliphatic rings. The second-order valence-electron chi connectivity index (χ2n) is 34.6. The summed E-state index contributed by atoms with van der Waals surface area (Å²) in [5, 5.41) is 6.95. The molecule has 594 valence electrons. The summed E-state index contributed by atoms with van der Waals surface area (Å²) in [6.45, 7) is 9.05. The maximum absolute atomic E-state index is 6.80. The van der Waals surface area contributed by atoms with Crippen molar-refractivity contribution < 1.29 is 4.42 Å². The van der Waals surface area contributed by atoms with E-state index in [2.05, 4.69) is 477 Å². The van der Waals surface area contributed by atoms with Crippen LogP contribution in [0.2, 0.25) is 0 Å². The first-order chi connectivity index (χ1) is 62.1. The molecule has 0 fully saturated rings. The molecule has 3 aromatic heterocycles. The second kappa shape index (κ2) is 30.1. The lowest BCUT2D eigenvalue weighted by molar-refractivity contribution is 0.669. The van der Waals surface area contributed by atoms with Crippen molar-refractivity contribution in [3.05, 3.63) is 442 Å². The molecule has 126 heavy (non-hydrogen) atoms. The highest BCUT2D eigenvalue weighted by Crippen LogP contribution is 2.57. The van der Waals surface area contributed by atoms with Gasteiger partial charge in [0, 0.05) is 88.7 Å². The van der Waals surface area contributed by atoms with Gasteiger partial charge in [-0.2, -0.15) is 0 Å². The Morgan fingerprint density at radius 1 is 0.214 bits per heavy atom. The maximum Gasteiger partial charge on any atom is 0.252 e. The van der Waals surface area contributed by atoms with Crippen molar-refractivity contribution >= 4 is 123 Å².